The Balaban J connectivity index is 2.61. The predicted octanol–water partition coefficient (Wildman–Crippen LogP) is 5.56. The second-order valence-corrected chi connectivity index (χ2v) is 6.50. The van der Waals surface area contributed by atoms with Gasteiger partial charge in [-0.25, -0.2) is 0 Å². The van der Waals surface area contributed by atoms with Crippen LogP contribution in [0.1, 0.15) is 61.8 Å². The minimum absolute atomic E-state index is 0.0502. The third kappa shape index (κ3) is 4.25. The van der Waals surface area contributed by atoms with Crippen molar-refractivity contribution in [3.63, 3.8) is 0 Å². The molecule has 6 heteroatoms. The van der Waals surface area contributed by atoms with E-state index in [4.69, 9.17) is 0 Å². The maximum absolute atomic E-state index is 11.2. The number of hydrogen-bond donors (Lipinski definition) is 0. The Kier molecular flexibility index (Phi) is 6.44. The average Bonchev–Trinajstić information content (AvgIpc) is 2.62. The first-order valence-electron chi connectivity index (χ1n) is 8.93. The predicted molar refractivity (Wildman–Crippen MR) is 102 cm³/mol. The van der Waals surface area contributed by atoms with Crippen LogP contribution in [0.25, 0.3) is 0 Å². The molecule has 138 valence electrons. The molecule has 0 unspecified atom stereocenters. The van der Waals surface area contributed by atoms with Gasteiger partial charge in [0.2, 0.25) is 0 Å². The van der Waals surface area contributed by atoms with Crippen molar-refractivity contribution in [3.8, 4) is 0 Å². The van der Waals surface area contributed by atoms with E-state index in [0.717, 1.165) is 47.9 Å². The van der Waals surface area contributed by atoms with E-state index in [1.165, 1.54) is 12.1 Å². The zero-order valence-electron chi connectivity index (χ0n) is 15.4. The number of aryl methyl sites for hydroxylation is 2. The number of non-ortho nitro benzene ring substituents is 2. The molecule has 0 N–H and O–H groups in total. The number of hydrogen-bond acceptors (Lipinski definition) is 4. The third-order valence-electron chi connectivity index (χ3n) is 4.65. The Morgan fingerprint density at radius 1 is 0.808 bits per heavy atom. The van der Waals surface area contributed by atoms with Gasteiger partial charge in [0.25, 0.3) is 11.4 Å². The highest BCUT2D eigenvalue weighted by Gasteiger charge is 2.21. The van der Waals surface area contributed by atoms with E-state index in [1.807, 2.05) is 19.1 Å². The van der Waals surface area contributed by atoms with Crippen LogP contribution in [0, 0.1) is 20.2 Å². The second-order valence-electron chi connectivity index (χ2n) is 6.50. The fourth-order valence-electron chi connectivity index (χ4n) is 3.36. The quantitative estimate of drug-likeness (QED) is 0.457. The molecule has 26 heavy (non-hydrogen) atoms. The summed E-state index contributed by atoms with van der Waals surface area (Å²) < 4.78 is 0. The van der Waals surface area contributed by atoms with Crippen LogP contribution in [0.15, 0.2) is 36.4 Å². The molecule has 0 heterocycles. The highest BCUT2D eigenvalue weighted by molar-refractivity contribution is 5.49. The van der Waals surface area contributed by atoms with Gasteiger partial charge in [-0.15, -0.1) is 0 Å². The lowest BCUT2D eigenvalue weighted by Crippen LogP contribution is -2.06. The van der Waals surface area contributed by atoms with Crippen molar-refractivity contribution in [2.24, 2.45) is 0 Å². The molecular weight excluding hydrogens is 332 g/mol. The van der Waals surface area contributed by atoms with Gasteiger partial charge in [-0.05, 0) is 35.1 Å². The van der Waals surface area contributed by atoms with Crippen molar-refractivity contribution < 1.29 is 9.85 Å². The lowest BCUT2D eigenvalue weighted by molar-refractivity contribution is -0.385. The van der Waals surface area contributed by atoms with Crippen molar-refractivity contribution in [2.75, 3.05) is 0 Å². The maximum Gasteiger partial charge on any atom is 0.269 e. The van der Waals surface area contributed by atoms with Crippen LogP contribution in [0.3, 0.4) is 0 Å². The van der Waals surface area contributed by atoms with E-state index in [-0.39, 0.29) is 17.3 Å². The van der Waals surface area contributed by atoms with Crippen LogP contribution in [-0.4, -0.2) is 9.85 Å². The molecule has 0 saturated carbocycles. The molecular formula is C20H24N2O4. The lowest BCUT2D eigenvalue weighted by atomic mass is 9.84. The number of nitrogens with zero attached hydrogens (tertiary/aromatic N) is 2. The molecule has 0 amide bonds. The van der Waals surface area contributed by atoms with Crippen LogP contribution >= 0.6 is 0 Å². The van der Waals surface area contributed by atoms with Crippen LogP contribution in [0.2, 0.25) is 0 Å². The van der Waals surface area contributed by atoms with Crippen molar-refractivity contribution >= 4 is 11.4 Å². The van der Waals surface area contributed by atoms with Crippen LogP contribution in [0.4, 0.5) is 11.4 Å². The monoisotopic (exact) mass is 356 g/mol. The fourth-order valence-corrected chi connectivity index (χ4v) is 3.36. The molecule has 2 aromatic carbocycles. The summed E-state index contributed by atoms with van der Waals surface area (Å²) in [6.07, 6.45) is 3.48. The molecule has 0 aliphatic rings. The van der Waals surface area contributed by atoms with Gasteiger partial charge in [0.1, 0.15) is 0 Å². The van der Waals surface area contributed by atoms with Gasteiger partial charge in [0.05, 0.1) is 9.85 Å². The highest BCUT2D eigenvalue weighted by atomic mass is 16.6. The largest absolute Gasteiger partial charge is 0.269 e. The number of nitro benzene ring substituents is 2. The van der Waals surface area contributed by atoms with E-state index in [0.29, 0.717) is 0 Å². The number of rotatable bonds is 8. The molecule has 2 aromatic rings. The lowest BCUT2D eigenvalue weighted by Gasteiger charge is -2.20. The fraction of sp³-hybridized carbons (Fsp3) is 0.400. The van der Waals surface area contributed by atoms with E-state index in [1.54, 1.807) is 12.1 Å². The minimum atomic E-state index is -0.396. The zero-order valence-corrected chi connectivity index (χ0v) is 15.4. The molecule has 0 radical (unpaired) electrons. The molecule has 2 rings (SSSR count). The van der Waals surface area contributed by atoms with Crippen LogP contribution in [-0.2, 0) is 12.8 Å². The molecule has 0 aromatic heterocycles. The van der Waals surface area contributed by atoms with Gasteiger partial charge in [0, 0.05) is 30.2 Å². The topological polar surface area (TPSA) is 86.3 Å². The first kappa shape index (κ1) is 19.6. The van der Waals surface area contributed by atoms with Gasteiger partial charge in [-0.3, -0.25) is 20.2 Å². The zero-order chi connectivity index (χ0) is 19.3. The van der Waals surface area contributed by atoms with E-state index in [2.05, 4.69) is 13.8 Å². The van der Waals surface area contributed by atoms with Gasteiger partial charge >= 0.3 is 0 Å². The Bertz CT molecular complexity index is 750. The SMILES string of the molecule is CCCc1ccc([N+](=O)[O-])cc1C(C)c1cc([N+](=O)[O-])ccc1CCC. The summed E-state index contributed by atoms with van der Waals surface area (Å²) in [7, 11) is 0. The highest BCUT2D eigenvalue weighted by Crippen LogP contribution is 2.34. The standard InChI is InChI=1S/C20H24N2O4/c1-4-6-15-8-10-17(21(23)24)12-19(15)14(3)20-13-18(22(25)26)11-9-16(20)7-5-2/h8-14H,4-7H2,1-3H3. The van der Waals surface area contributed by atoms with Gasteiger partial charge < -0.3 is 0 Å². The number of nitro groups is 2. The molecule has 0 saturated heterocycles. The molecule has 0 atom stereocenters. The summed E-state index contributed by atoms with van der Waals surface area (Å²) in [6.45, 7) is 6.09. The molecule has 0 bridgehead atoms. The van der Waals surface area contributed by atoms with Gasteiger partial charge in [0.15, 0.2) is 0 Å². The van der Waals surface area contributed by atoms with E-state index >= 15 is 0 Å². The average molecular weight is 356 g/mol. The summed E-state index contributed by atoms with van der Waals surface area (Å²) in [5.74, 6) is -0.155. The summed E-state index contributed by atoms with van der Waals surface area (Å²) in [4.78, 5) is 21.6. The Hall–Kier alpha value is -2.76. The smallest absolute Gasteiger partial charge is 0.258 e. The minimum Gasteiger partial charge on any atom is -0.258 e. The molecule has 0 aliphatic heterocycles. The Morgan fingerprint density at radius 3 is 1.50 bits per heavy atom. The van der Waals surface area contributed by atoms with E-state index in [9.17, 15) is 20.2 Å². The molecule has 0 spiro atoms. The Morgan fingerprint density at radius 2 is 1.19 bits per heavy atom. The summed E-state index contributed by atoms with van der Waals surface area (Å²) in [6, 6.07) is 9.91. The normalized spacial score (nSPS) is 10.9. The van der Waals surface area contributed by atoms with Crippen molar-refractivity contribution in [3.05, 3.63) is 78.9 Å². The van der Waals surface area contributed by atoms with Crippen molar-refractivity contribution in [1.29, 1.82) is 0 Å². The van der Waals surface area contributed by atoms with Crippen LogP contribution < -0.4 is 0 Å². The van der Waals surface area contributed by atoms with Crippen molar-refractivity contribution in [2.45, 2.75) is 52.4 Å². The Labute approximate surface area is 153 Å². The van der Waals surface area contributed by atoms with Crippen molar-refractivity contribution in [1.82, 2.24) is 0 Å². The second kappa shape index (κ2) is 8.56. The summed E-state index contributed by atoms with van der Waals surface area (Å²) in [5, 5.41) is 22.4. The molecule has 0 fully saturated rings. The van der Waals surface area contributed by atoms with Gasteiger partial charge in [-0.1, -0.05) is 45.7 Å². The van der Waals surface area contributed by atoms with Gasteiger partial charge in [-0.2, -0.15) is 0 Å². The first-order valence-corrected chi connectivity index (χ1v) is 8.93. The summed E-state index contributed by atoms with van der Waals surface area (Å²) >= 11 is 0. The molecule has 6 nitrogen and oxygen atoms in total. The number of benzene rings is 2. The maximum atomic E-state index is 11.2. The summed E-state index contributed by atoms with van der Waals surface area (Å²) in [5.41, 5.74) is 3.96. The van der Waals surface area contributed by atoms with Crippen LogP contribution in [0.5, 0.6) is 0 Å². The van der Waals surface area contributed by atoms with E-state index < -0.39 is 9.85 Å². The first-order chi connectivity index (χ1) is 12.4. The third-order valence-corrected chi connectivity index (χ3v) is 4.65. The molecule has 0 aliphatic carbocycles.